The monoisotopic (exact) mass is 355 g/mol. The van der Waals surface area contributed by atoms with E-state index in [-0.39, 0.29) is 0 Å². The summed E-state index contributed by atoms with van der Waals surface area (Å²) in [5.41, 5.74) is 5.71. The molecule has 1 N–H and O–H groups in total. The van der Waals surface area contributed by atoms with Crippen LogP contribution in [-0.2, 0) is 13.6 Å². The van der Waals surface area contributed by atoms with Crippen LogP contribution in [0.4, 0.5) is 5.82 Å². The van der Waals surface area contributed by atoms with E-state index < -0.39 is 0 Å². The van der Waals surface area contributed by atoms with Crippen molar-refractivity contribution in [2.45, 2.75) is 6.54 Å². The van der Waals surface area contributed by atoms with Gasteiger partial charge in [-0.25, -0.2) is 9.97 Å². The smallest absolute Gasteiger partial charge is 0.196 e. The highest BCUT2D eigenvalue weighted by molar-refractivity contribution is 6.05. The van der Waals surface area contributed by atoms with Crippen molar-refractivity contribution in [3.05, 3.63) is 72.8 Å². The molecule has 0 atom stereocenters. The van der Waals surface area contributed by atoms with Crippen molar-refractivity contribution >= 4 is 27.9 Å². The quantitative estimate of drug-likeness (QED) is 0.518. The lowest BCUT2D eigenvalue weighted by atomic mass is 10.1. The molecule has 0 spiro atoms. The van der Waals surface area contributed by atoms with E-state index in [0.29, 0.717) is 17.9 Å². The van der Waals surface area contributed by atoms with Crippen molar-refractivity contribution in [1.82, 2.24) is 19.7 Å². The Kier molecular flexibility index (Phi) is 3.60. The first-order valence-corrected chi connectivity index (χ1v) is 8.72. The van der Waals surface area contributed by atoms with E-state index in [1.807, 2.05) is 43.7 Å². The molecule has 0 unspecified atom stereocenters. The molecule has 5 aromatic rings. The van der Waals surface area contributed by atoms with Gasteiger partial charge in [0.15, 0.2) is 11.4 Å². The van der Waals surface area contributed by atoms with Crippen molar-refractivity contribution in [2.24, 2.45) is 7.05 Å². The van der Waals surface area contributed by atoms with E-state index in [9.17, 15) is 0 Å². The van der Waals surface area contributed by atoms with Gasteiger partial charge in [-0.15, -0.1) is 0 Å². The molecule has 0 amide bonds. The molecule has 0 saturated heterocycles. The summed E-state index contributed by atoms with van der Waals surface area (Å²) < 4.78 is 7.77. The van der Waals surface area contributed by atoms with Crippen molar-refractivity contribution in [2.75, 3.05) is 5.32 Å². The molecular weight excluding hydrogens is 338 g/mol. The van der Waals surface area contributed by atoms with Gasteiger partial charge in [-0.2, -0.15) is 5.10 Å². The van der Waals surface area contributed by atoms with Gasteiger partial charge in [-0.3, -0.25) is 4.68 Å². The average molecular weight is 355 g/mol. The number of rotatable bonds is 4. The van der Waals surface area contributed by atoms with Crippen molar-refractivity contribution in [3.8, 4) is 11.1 Å². The SMILES string of the molecule is Cn1cc(-c2cccc(CNc3ncnc4c3oc3ccccc34)c2)cn1. The van der Waals surface area contributed by atoms with Crippen LogP contribution in [0.3, 0.4) is 0 Å². The third kappa shape index (κ3) is 2.81. The third-order valence-corrected chi connectivity index (χ3v) is 4.58. The zero-order valence-electron chi connectivity index (χ0n) is 14.8. The number of fused-ring (bicyclic) bond motifs is 3. The molecule has 0 aliphatic rings. The maximum atomic E-state index is 5.97. The Hall–Kier alpha value is -3.67. The molecule has 2 aromatic carbocycles. The molecule has 27 heavy (non-hydrogen) atoms. The number of hydrogen-bond acceptors (Lipinski definition) is 5. The molecule has 6 heteroatoms. The highest BCUT2D eigenvalue weighted by atomic mass is 16.3. The maximum Gasteiger partial charge on any atom is 0.196 e. The Morgan fingerprint density at radius 2 is 1.96 bits per heavy atom. The number of furan rings is 1. The van der Waals surface area contributed by atoms with Crippen LogP contribution < -0.4 is 5.32 Å². The second-order valence-corrected chi connectivity index (χ2v) is 6.45. The number of hydrogen-bond donors (Lipinski definition) is 1. The molecule has 3 aromatic heterocycles. The highest BCUT2D eigenvalue weighted by Gasteiger charge is 2.12. The van der Waals surface area contributed by atoms with Gasteiger partial charge in [0, 0.05) is 30.7 Å². The second-order valence-electron chi connectivity index (χ2n) is 6.45. The summed E-state index contributed by atoms with van der Waals surface area (Å²) in [6.45, 7) is 0.636. The number of aromatic nitrogens is 4. The first kappa shape index (κ1) is 15.6. The zero-order chi connectivity index (χ0) is 18.2. The van der Waals surface area contributed by atoms with Crippen molar-refractivity contribution in [1.29, 1.82) is 0 Å². The molecular formula is C21H17N5O. The number of nitrogens with one attached hydrogen (secondary N) is 1. The Labute approximate surface area is 155 Å². The number of para-hydroxylation sites is 1. The van der Waals surface area contributed by atoms with Crippen LogP contribution in [0.5, 0.6) is 0 Å². The Morgan fingerprint density at radius 3 is 2.85 bits per heavy atom. The lowest BCUT2D eigenvalue weighted by Gasteiger charge is -2.07. The molecule has 0 aliphatic heterocycles. The molecule has 0 fully saturated rings. The summed E-state index contributed by atoms with van der Waals surface area (Å²) in [5.74, 6) is 0.697. The summed E-state index contributed by atoms with van der Waals surface area (Å²) in [7, 11) is 1.92. The lowest BCUT2D eigenvalue weighted by Crippen LogP contribution is -2.02. The fourth-order valence-corrected chi connectivity index (χ4v) is 3.27. The Balaban J connectivity index is 1.45. The molecule has 0 saturated carbocycles. The van der Waals surface area contributed by atoms with Gasteiger partial charge in [0.2, 0.25) is 0 Å². The van der Waals surface area contributed by atoms with Crippen LogP contribution in [0.25, 0.3) is 33.2 Å². The normalized spacial score (nSPS) is 11.3. The minimum absolute atomic E-state index is 0.636. The molecule has 0 radical (unpaired) electrons. The number of nitrogens with zero attached hydrogens (tertiary/aromatic N) is 4. The minimum Gasteiger partial charge on any atom is -0.450 e. The Bertz CT molecular complexity index is 1250. The zero-order valence-corrected chi connectivity index (χ0v) is 14.8. The molecule has 132 valence electrons. The van der Waals surface area contributed by atoms with E-state index in [0.717, 1.165) is 33.2 Å². The van der Waals surface area contributed by atoms with Crippen LogP contribution in [-0.4, -0.2) is 19.7 Å². The molecule has 3 heterocycles. The summed E-state index contributed by atoms with van der Waals surface area (Å²) in [6, 6.07) is 16.3. The molecule has 0 aliphatic carbocycles. The molecule has 0 bridgehead atoms. The van der Waals surface area contributed by atoms with Gasteiger partial charge in [0.1, 0.15) is 17.4 Å². The second kappa shape index (κ2) is 6.25. The van der Waals surface area contributed by atoms with Crippen LogP contribution in [0.15, 0.2) is 71.7 Å². The van der Waals surface area contributed by atoms with E-state index in [4.69, 9.17) is 4.42 Å². The fourth-order valence-electron chi connectivity index (χ4n) is 3.27. The first-order chi connectivity index (χ1) is 13.3. The lowest BCUT2D eigenvalue weighted by molar-refractivity contribution is 0.666. The molecule has 6 nitrogen and oxygen atoms in total. The van der Waals surface area contributed by atoms with Gasteiger partial charge >= 0.3 is 0 Å². The molecule has 5 rings (SSSR count). The number of anilines is 1. The third-order valence-electron chi connectivity index (χ3n) is 4.58. The predicted molar refractivity (Wildman–Crippen MR) is 105 cm³/mol. The fraction of sp³-hybridized carbons (Fsp3) is 0.0952. The maximum absolute atomic E-state index is 5.97. The number of benzene rings is 2. The van der Waals surface area contributed by atoms with Gasteiger partial charge in [0.05, 0.1) is 6.20 Å². The van der Waals surface area contributed by atoms with Gasteiger partial charge in [0.25, 0.3) is 0 Å². The topological polar surface area (TPSA) is 68.8 Å². The van der Waals surface area contributed by atoms with Crippen molar-refractivity contribution < 1.29 is 4.42 Å². The minimum atomic E-state index is 0.636. The van der Waals surface area contributed by atoms with E-state index in [1.54, 1.807) is 11.0 Å². The van der Waals surface area contributed by atoms with Crippen LogP contribution in [0.2, 0.25) is 0 Å². The summed E-state index contributed by atoms with van der Waals surface area (Å²) in [5, 5.41) is 8.62. The van der Waals surface area contributed by atoms with Crippen LogP contribution in [0.1, 0.15) is 5.56 Å². The van der Waals surface area contributed by atoms with Gasteiger partial charge in [-0.05, 0) is 29.3 Å². The van der Waals surface area contributed by atoms with Gasteiger partial charge in [-0.1, -0.05) is 30.3 Å². The van der Waals surface area contributed by atoms with E-state index in [2.05, 4.69) is 44.6 Å². The Morgan fingerprint density at radius 1 is 1.04 bits per heavy atom. The van der Waals surface area contributed by atoms with E-state index in [1.165, 1.54) is 0 Å². The first-order valence-electron chi connectivity index (χ1n) is 8.72. The van der Waals surface area contributed by atoms with E-state index >= 15 is 0 Å². The average Bonchev–Trinajstić information content (AvgIpc) is 3.30. The summed E-state index contributed by atoms with van der Waals surface area (Å²) in [6.07, 6.45) is 5.45. The van der Waals surface area contributed by atoms with Crippen molar-refractivity contribution in [3.63, 3.8) is 0 Å². The standard InChI is InChI=1S/C21H17N5O/c1-26-12-16(11-25-26)15-6-4-5-14(9-15)10-22-21-20-19(23-13-24-21)17-7-2-3-8-18(17)27-20/h2-9,11-13H,10H2,1H3,(H,22,23,24). The van der Waals surface area contributed by atoms with Crippen LogP contribution in [0, 0.1) is 0 Å². The summed E-state index contributed by atoms with van der Waals surface area (Å²) in [4.78, 5) is 8.76. The highest BCUT2D eigenvalue weighted by Crippen LogP contribution is 2.30. The number of aryl methyl sites for hydroxylation is 1. The van der Waals surface area contributed by atoms with Crippen LogP contribution >= 0.6 is 0 Å². The summed E-state index contributed by atoms with van der Waals surface area (Å²) >= 11 is 0. The predicted octanol–water partition coefficient (Wildman–Crippen LogP) is 4.39. The largest absolute Gasteiger partial charge is 0.450 e. The van der Waals surface area contributed by atoms with Gasteiger partial charge < -0.3 is 9.73 Å².